The molecule has 1 amide bonds. The number of rotatable bonds is 6. The summed E-state index contributed by atoms with van der Waals surface area (Å²) in [4.78, 5) is 14.2. The maximum absolute atomic E-state index is 12.6. The number of amides is 1. The van der Waals surface area contributed by atoms with E-state index in [1.54, 1.807) is 44.4 Å². The lowest BCUT2D eigenvalue weighted by molar-refractivity contribution is 0.0743. The van der Waals surface area contributed by atoms with Crippen LogP contribution >= 0.6 is 0 Å². The minimum Gasteiger partial charge on any atom is -0.493 e. The van der Waals surface area contributed by atoms with Crippen molar-refractivity contribution in [2.75, 3.05) is 21.3 Å². The molecule has 0 saturated carbocycles. The summed E-state index contributed by atoms with van der Waals surface area (Å²) in [5.41, 5.74) is 2.38. The molecular weight excluding hydrogens is 332 g/mol. The van der Waals surface area contributed by atoms with E-state index in [-0.39, 0.29) is 11.7 Å². The van der Waals surface area contributed by atoms with E-state index < -0.39 is 0 Å². The fourth-order valence-corrected chi connectivity index (χ4v) is 2.62. The summed E-state index contributed by atoms with van der Waals surface area (Å²) in [5, 5.41) is 4.01. The van der Waals surface area contributed by atoms with Gasteiger partial charge in [0, 0.05) is 25.2 Å². The van der Waals surface area contributed by atoms with E-state index in [2.05, 4.69) is 5.16 Å². The van der Waals surface area contributed by atoms with Gasteiger partial charge in [-0.2, -0.15) is 0 Å². The number of hydrogen-bond acceptors (Lipinski definition) is 5. The van der Waals surface area contributed by atoms with Crippen LogP contribution in [0.15, 0.2) is 59.1 Å². The van der Waals surface area contributed by atoms with Gasteiger partial charge < -0.3 is 18.9 Å². The highest BCUT2D eigenvalue weighted by molar-refractivity contribution is 5.92. The van der Waals surface area contributed by atoms with Crippen molar-refractivity contribution in [2.24, 2.45) is 0 Å². The second-order valence-corrected chi connectivity index (χ2v) is 5.79. The van der Waals surface area contributed by atoms with Gasteiger partial charge in [0.05, 0.1) is 14.2 Å². The quantitative estimate of drug-likeness (QED) is 0.678. The molecule has 0 atom stereocenters. The summed E-state index contributed by atoms with van der Waals surface area (Å²) >= 11 is 0. The molecular formula is C20H20N2O4. The lowest BCUT2D eigenvalue weighted by atomic mass is 10.1. The Hall–Kier alpha value is -3.28. The van der Waals surface area contributed by atoms with Gasteiger partial charge in [0.1, 0.15) is 5.69 Å². The van der Waals surface area contributed by atoms with Gasteiger partial charge in [-0.1, -0.05) is 35.5 Å². The van der Waals surface area contributed by atoms with Gasteiger partial charge in [-0.05, 0) is 23.8 Å². The van der Waals surface area contributed by atoms with Gasteiger partial charge in [-0.25, -0.2) is 0 Å². The van der Waals surface area contributed by atoms with Gasteiger partial charge in [-0.3, -0.25) is 4.79 Å². The first-order chi connectivity index (χ1) is 12.6. The molecule has 0 unspecified atom stereocenters. The Labute approximate surface area is 151 Å². The van der Waals surface area contributed by atoms with Crippen molar-refractivity contribution in [1.82, 2.24) is 10.1 Å². The monoisotopic (exact) mass is 352 g/mol. The highest BCUT2D eigenvalue weighted by Gasteiger charge is 2.19. The van der Waals surface area contributed by atoms with Crippen LogP contribution in [0.25, 0.3) is 11.3 Å². The maximum Gasteiger partial charge on any atom is 0.292 e. The lowest BCUT2D eigenvalue weighted by Crippen LogP contribution is -2.25. The molecule has 0 aliphatic heterocycles. The third-order valence-electron chi connectivity index (χ3n) is 4.01. The van der Waals surface area contributed by atoms with Crippen molar-refractivity contribution < 1.29 is 18.8 Å². The van der Waals surface area contributed by atoms with E-state index >= 15 is 0 Å². The standard InChI is InChI=1S/C20H20N2O4/c1-22(13-14-7-5-4-6-8-14)20(23)19-12-16(21-26-19)15-9-10-17(24-2)18(11-15)25-3/h4-12H,13H2,1-3H3. The fraction of sp³-hybridized carbons (Fsp3) is 0.200. The van der Waals surface area contributed by atoms with Crippen molar-refractivity contribution >= 4 is 5.91 Å². The second kappa shape index (κ2) is 7.74. The Morgan fingerprint density at radius 1 is 1.04 bits per heavy atom. The minimum atomic E-state index is -0.229. The largest absolute Gasteiger partial charge is 0.493 e. The van der Waals surface area contributed by atoms with Crippen LogP contribution < -0.4 is 9.47 Å². The normalized spacial score (nSPS) is 10.4. The maximum atomic E-state index is 12.6. The van der Waals surface area contributed by atoms with E-state index in [4.69, 9.17) is 14.0 Å². The van der Waals surface area contributed by atoms with E-state index in [1.165, 1.54) is 0 Å². The number of methoxy groups -OCH3 is 2. The summed E-state index contributed by atoms with van der Waals surface area (Å²) in [6, 6.07) is 16.8. The summed E-state index contributed by atoms with van der Waals surface area (Å²) in [7, 11) is 4.87. The molecule has 0 spiro atoms. The van der Waals surface area contributed by atoms with Crippen molar-refractivity contribution in [2.45, 2.75) is 6.54 Å². The number of carbonyl (C=O) groups is 1. The molecule has 0 N–H and O–H groups in total. The third kappa shape index (κ3) is 3.69. The van der Waals surface area contributed by atoms with Crippen LogP contribution in [0.3, 0.4) is 0 Å². The first-order valence-corrected chi connectivity index (χ1v) is 8.11. The predicted octanol–water partition coefficient (Wildman–Crippen LogP) is 3.63. The molecule has 26 heavy (non-hydrogen) atoms. The molecule has 2 aromatic carbocycles. The van der Waals surface area contributed by atoms with Gasteiger partial charge in [-0.15, -0.1) is 0 Å². The van der Waals surface area contributed by atoms with Crippen molar-refractivity contribution in [3.05, 3.63) is 65.9 Å². The molecule has 0 radical (unpaired) electrons. The van der Waals surface area contributed by atoms with Crippen LogP contribution in [0, 0.1) is 0 Å². The first-order valence-electron chi connectivity index (χ1n) is 8.11. The Balaban J connectivity index is 1.78. The van der Waals surface area contributed by atoms with Gasteiger partial charge in [0.2, 0.25) is 5.76 Å². The Morgan fingerprint density at radius 3 is 2.46 bits per heavy atom. The molecule has 1 aromatic heterocycles. The number of aromatic nitrogens is 1. The third-order valence-corrected chi connectivity index (χ3v) is 4.01. The van der Waals surface area contributed by atoms with Crippen LogP contribution in [0.1, 0.15) is 16.1 Å². The topological polar surface area (TPSA) is 64.8 Å². The Bertz CT molecular complexity index is 890. The van der Waals surface area contributed by atoms with E-state index in [0.717, 1.165) is 11.1 Å². The number of hydrogen-bond donors (Lipinski definition) is 0. The summed E-state index contributed by atoms with van der Waals surface area (Å²) < 4.78 is 15.8. The predicted molar refractivity (Wildman–Crippen MR) is 97.3 cm³/mol. The minimum absolute atomic E-state index is 0.188. The Morgan fingerprint density at radius 2 is 1.77 bits per heavy atom. The Kier molecular flexibility index (Phi) is 5.22. The number of benzene rings is 2. The molecule has 0 saturated heterocycles. The zero-order valence-electron chi connectivity index (χ0n) is 14.9. The number of carbonyl (C=O) groups excluding carboxylic acids is 1. The van der Waals surface area contributed by atoms with E-state index in [9.17, 15) is 4.79 Å². The van der Waals surface area contributed by atoms with E-state index in [0.29, 0.717) is 23.7 Å². The SMILES string of the molecule is COc1ccc(-c2cc(C(=O)N(C)Cc3ccccc3)on2)cc1OC. The lowest BCUT2D eigenvalue weighted by Gasteiger charge is -2.15. The molecule has 1 heterocycles. The first kappa shape index (κ1) is 17.5. The highest BCUT2D eigenvalue weighted by atomic mass is 16.5. The van der Waals surface area contributed by atoms with Gasteiger partial charge >= 0.3 is 0 Å². The molecule has 0 bridgehead atoms. The van der Waals surface area contributed by atoms with Crippen molar-refractivity contribution in [1.29, 1.82) is 0 Å². The van der Waals surface area contributed by atoms with Crippen LogP contribution in [-0.4, -0.2) is 37.2 Å². The average Bonchev–Trinajstić information content (AvgIpc) is 3.17. The van der Waals surface area contributed by atoms with Crippen LogP contribution in [0.2, 0.25) is 0 Å². The van der Waals surface area contributed by atoms with Crippen LogP contribution in [0.5, 0.6) is 11.5 Å². The summed E-state index contributed by atoms with van der Waals surface area (Å²) in [5.74, 6) is 1.17. The van der Waals surface area contributed by atoms with Crippen molar-refractivity contribution in [3.8, 4) is 22.8 Å². The number of nitrogens with zero attached hydrogens (tertiary/aromatic N) is 2. The molecule has 0 aliphatic carbocycles. The van der Waals surface area contributed by atoms with Crippen LogP contribution in [0.4, 0.5) is 0 Å². The smallest absolute Gasteiger partial charge is 0.292 e. The zero-order chi connectivity index (χ0) is 18.5. The van der Waals surface area contributed by atoms with Crippen molar-refractivity contribution in [3.63, 3.8) is 0 Å². The molecule has 0 fully saturated rings. The number of ether oxygens (including phenoxy) is 2. The molecule has 3 aromatic rings. The van der Waals surface area contributed by atoms with Gasteiger partial charge in [0.25, 0.3) is 5.91 Å². The molecule has 6 nitrogen and oxygen atoms in total. The second-order valence-electron chi connectivity index (χ2n) is 5.79. The fourth-order valence-electron chi connectivity index (χ4n) is 2.62. The summed E-state index contributed by atoms with van der Waals surface area (Å²) in [6.07, 6.45) is 0. The molecule has 134 valence electrons. The molecule has 0 aliphatic rings. The van der Waals surface area contributed by atoms with Crippen LogP contribution in [-0.2, 0) is 6.54 Å². The molecule has 3 rings (SSSR count). The highest BCUT2D eigenvalue weighted by Crippen LogP contribution is 2.32. The molecule has 6 heteroatoms. The zero-order valence-corrected chi connectivity index (χ0v) is 14.9. The summed E-state index contributed by atoms with van der Waals surface area (Å²) in [6.45, 7) is 0.492. The van der Waals surface area contributed by atoms with E-state index in [1.807, 2.05) is 36.4 Å². The van der Waals surface area contributed by atoms with Gasteiger partial charge in [0.15, 0.2) is 11.5 Å². The average molecular weight is 352 g/mol.